The van der Waals surface area contributed by atoms with Crippen molar-refractivity contribution < 1.29 is 0 Å². The number of hydrogen-bond acceptors (Lipinski definition) is 0. The Labute approximate surface area is 132 Å². The minimum Gasteiger partial charge on any atom is -0.0674 e. The van der Waals surface area contributed by atoms with Crippen molar-refractivity contribution in [2.75, 3.05) is 0 Å². The first-order valence-electron chi connectivity index (χ1n) is 6.98. The van der Waals surface area contributed by atoms with E-state index >= 15 is 0 Å². The fraction of sp³-hybridized carbons (Fsp3) is 0. The Kier molecular flexibility index (Phi) is 4.99. The van der Waals surface area contributed by atoms with Crippen LogP contribution in [0.4, 0.5) is 0 Å². The number of benzene rings is 3. The van der Waals surface area contributed by atoms with E-state index in [1.54, 1.807) is 5.19 Å². The van der Waals surface area contributed by atoms with E-state index in [4.69, 9.17) is 0 Å². The van der Waals surface area contributed by atoms with E-state index < -0.39 is 7.83 Å². The van der Waals surface area contributed by atoms with E-state index in [1.807, 2.05) is 0 Å². The quantitative estimate of drug-likeness (QED) is 0.625. The first kappa shape index (κ1) is 14.3. The van der Waals surface area contributed by atoms with Crippen molar-refractivity contribution in [2.45, 2.75) is 0 Å². The van der Waals surface area contributed by atoms with Crippen molar-refractivity contribution in [3.05, 3.63) is 91.0 Å². The zero-order valence-corrected chi connectivity index (χ0v) is 14.7. The Morgan fingerprint density at radius 3 is 1.29 bits per heavy atom. The van der Waals surface area contributed by atoms with Crippen LogP contribution in [0.2, 0.25) is 0 Å². The van der Waals surface area contributed by atoms with E-state index in [2.05, 4.69) is 91.0 Å². The minimum absolute atomic E-state index is 0.571. The van der Waals surface area contributed by atoms with E-state index in [-0.39, 0.29) is 0 Å². The molecular weight excluding hydrogens is 300 g/mol. The highest BCUT2D eigenvalue weighted by Gasteiger charge is 2.17. The first-order chi connectivity index (χ1) is 10.4. The average molecular weight is 316 g/mol. The summed E-state index contributed by atoms with van der Waals surface area (Å²) in [4.78, 5) is 0. The molecule has 3 heteroatoms. The lowest BCUT2D eigenvalue weighted by atomic mass is 10.4. The lowest BCUT2D eigenvalue weighted by Gasteiger charge is -2.14. The predicted molar refractivity (Wildman–Crippen MR) is 95.5 cm³/mol. The molecule has 0 nitrogen and oxygen atoms in total. The zero-order valence-electron chi connectivity index (χ0n) is 11.7. The Morgan fingerprint density at radius 1 is 0.476 bits per heavy atom. The Balaban J connectivity index is 1.84. The SMILES string of the molecule is c1ccc([Si][Si]([Si]c2ccccc2)c2ccccc2)cc1. The Hall–Kier alpha value is -1.69. The summed E-state index contributed by atoms with van der Waals surface area (Å²) in [5, 5.41) is 4.52. The molecule has 99 valence electrons. The third-order valence-electron chi connectivity index (χ3n) is 3.15. The van der Waals surface area contributed by atoms with Gasteiger partial charge in [0.15, 0.2) is 0 Å². The largest absolute Gasteiger partial charge is 0.0711 e. The molecule has 0 saturated carbocycles. The lowest BCUT2D eigenvalue weighted by Crippen LogP contribution is -2.51. The fourth-order valence-corrected chi connectivity index (χ4v) is 12.2. The fourth-order valence-electron chi connectivity index (χ4n) is 2.11. The molecule has 3 rings (SSSR count). The van der Waals surface area contributed by atoms with Crippen molar-refractivity contribution in [3.63, 3.8) is 0 Å². The van der Waals surface area contributed by atoms with Crippen LogP contribution in [0.5, 0.6) is 0 Å². The molecule has 0 aromatic heterocycles. The van der Waals surface area contributed by atoms with Gasteiger partial charge in [-0.2, -0.15) is 0 Å². The zero-order chi connectivity index (χ0) is 14.3. The molecular formula is C18H15Si3. The van der Waals surface area contributed by atoms with Gasteiger partial charge in [-0.15, -0.1) is 0 Å². The summed E-state index contributed by atoms with van der Waals surface area (Å²) in [6.07, 6.45) is 0. The van der Waals surface area contributed by atoms with Crippen molar-refractivity contribution in [1.29, 1.82) is 0 Å². The molecule has 0 atom stereocenters. The van der Waals surface area contributed by atoms with Gasteiger partial charge in [0.25, 0.3) is 0 Å². The average Bonchev–Trinajstić information content (AvgIpc) is 2.57. The second-order valence-corrected chi connectivity index (χ2v) is 13.7. The van der Waals surface area contributed by atoms with E-state index in [0.29, 0.717) is 0 Å². The number of rotatable bonds is 5. The summed E-state index contributed by atoms with van der Waals surface area (Å²) in [5.74, 6) is 0. The second kappa shape index (κ2) is 7.36. The molecule has 0 fully saturated rings. The standard InChI is InChI=1S/C18H15Si3/c1-4-10-16(11-5-1)19-21(18-14-8-3-9-15-18)20-17-12-6-2-7-13-17/h1-15H. The highest BCUT2D eigenvalue weighted by Crippen LogP contribution is 1.91. The van der Waals surface area contributed by atoms with Gasteiger partial charge >= 0.3 is 0 Å². The highest BCUT2D eigenvalue weighted by atomic mass is 29.6. The maximum atomic E-state index is 2.31. The third-order valence-corrected chi connectivity index (χ3v) is 13.0. The van der Waals surface area contributed by atoms with Gasteiger partial charge in [0.05, 0.1) is 25.9 Å². The molecule has 0 unspecified atom stereocenters. The summed E-state index contributed by atoms with van der Waals surface area (Å²) >= 11 is 0. The summed E-state index contributed by atoms with van der Waals surface area (Å²) < 4.78 is 0. The topological polar surface area (TPSA) is 0 Å². The van der Waals surface area contributed by atoms with Crippen LogP contribution in [0.15, 0.2) is 91.0 Å². The highest BCUT2D eigenvalue weighted by molar-refractivity contribution is 7.49. The molecule has 3 aromatic carbocycles. The predicted octanol–water partition coefficient (Wildman–Crippen LogP) is 1.44. The van der Waals surface area contributed by atoms with Gasteiger partial charge in [-0.3, -0.25) is 0 Å². The first-order valence-corrected chi connectivity index (χ1v) is 12.5. The van der Waals surface area contributed by atoms with E-state index in [0.717, 1.165) is 18.1 Å². The summed E-state index contributed by atoms with van der Waals surface area (Å²) in [6, 6.07) is 32.9. The monoisotopic (exact) mass is 315 g/mol. The molecule has 0 N–H and O–H groups in total. The smallest absolute Gasteiger partial charge is 0.0674 e. The van der Waals surface area contributed by atoms with Gasteiger partial charge in [0, 0.05) is 0 Å². The molecule has 0 saturated heterocycles. The van der Waals surface area contributed by atoms with Gasteiger partial charge in [-0.1, -0.05) is 107 Å². The van der Waals surface area contributed by atoms with Gasteiger partial charge in [-0.25, -0.2) is 0 Å². The summed E-state index contributed by atoms with van der Waals surface area (Å²) in [6.45, 7) is 0. The van der Waals surface area contributed by atoms with Gasteiger partial charge < -0.3 is 0 Å². The van der Waals surface area contributed by atoms with Crippen LogP contribution in [-0.4, -0.2) is 25.9 Å². The molecule has 0 heterocycles. The van der Waals surface area contributed by atoms with E-state index in [9.17, 15) is 0 Å². The van der Waals surface area contributed by atoms with Crippen molar-refractivity contribution >= 4 is 41.5 Å². The molecule has 3 aromatic rings. The van der Waals surface area contributed by atoms with Crippen molar-refractivity contribution in [1.82, 2.24) is 0 Å². The summed E-state index contributed by atoms with van der Waals surface area (Å²) in [7, 11) is 1.25. The van der Waals surface area contributed by atoms with Crippen molar-refractivity contribution in [3.8, 4) is 0 Å². The molecule has 21 heavy (non-hydrogen) atoms. The second-order valence-electron chi connectivity index (χ2n) is 4.72. The van der Waals surface area contributed by atoms with Crippen LogP contribution in [-0.2, 0) is 0 Å². The maximum Gasteiger partial charge on any atom is 0.0711 e. The van der Waals surface area contributed by atoms with E-state index in [1.165, 1.54) is 10.4 Å². The van der Waals surface area contributed by atoms with Crippen LogP contribution in [0.1, 0.15) is 0 Å². The van der Waals surface area contributed by atoms with Gasteiger partial charge in [-0.05, 0) is 0 Å². The van der Waals surface area contributed by atoms with Crippen LogP contribution >= 0.6 is 0 Å². The molecule has 0 spiro atoms. The molecule has 0 amide bonds. The van der Waals surface area contributed by atoms with Gasteiger partial charge in [0.1, 0.15) is 0 Å². The number of hydrogen-bond donors (Lipinski definition) is 0. The molecule has 0 aliphatic heterocycles. The van der Waals surface area contributed by atoms with Crippen LogP contribution in [0.3, 0.4) is 0 Å². The van der Waals surface area contributed by atoms with Crippen LogP contribution < -0.4 is 15.6 Å². The van der Waals surface area contributed by atoms with Crippen LogP contribution in [0, 0.1) is 0 Å². The Morgan fingerprint density at radius 2 is 0.857 bits per heavy atom. The lowest BCUT2D eigenvalue weighted by molar-refractivity contribution is 1.76. The van der Waals surface area contributed by atoms with Crippen LogP contribution in [0.25, 0.3) is 0 Å². The molecule has 5 radical (unpaired) electrons. The summed E-state index contributed by atoms with van der Waals surface area (Å²) in [5.41, 5.74) is 0. The molecule has 0 aliphatic rings. The normalized spacial score (nSPS) is 10.7. The minimum atomic E-state index is -0.571. The third kappa shape index (κ3) is 4.14. The Bertz CT molecular complexity index is 612. The van der Waals surface area contributed by atoms with Crippen molar-refractivity contribution in [2.24, 2.45) is 0 Å². The van der Waals surface area contributed by atoms with Gasteiger partial charge in [0.2, 0.25) is 0 Å². The molecule has 0 bridgehead atoms. The molecule has 0 aliphatic carbocycles. The maximum absolute atomic E-state index is 2.31.